The van der Waals surface area contributed by atoms with Crippen LogP contribution in [0.1, 0.15) is 0 Å². The molecule has 0 aliphatic heterocycles. The van der Waals surface area contributed by atoms with E-state index in [1.54, 1.807) is 0 Å². The Morgan fingerprint density at radius 2 is 0.600 bits per heavy atom. The molecule has 0 saturated carbocycles. The molecule has 0 aliphatic carbocycles. The average Bonchev–Trinajstić information content (AvgIpc) is 0. The van der Waals surface area contributed by atoms with Crippen LogP contribution in [0.2, 0.25) is 0 Å². The van der Waals surface area contributed by atoms with Crippen LogP contribution >= 0.6 is 0 Å². The molecule has 0 rings (SSSR count). The van der Waals surface area contributed by atoms with Crippen molar-refractivity contribution in [3.8, 4) is 0 Å². The molecule has 0 heterocycles. The monoisotopic (exact) mass is 372 g/mol. The minimum Gasteiger partial charge on any atom is -2.00 e. The summed E-state index contributed by atoms with van der Waals surface area (Å²) in [5, 5.41) is 0. The van der Waals surface area contributed by atoms with Crippen LogP contribution in [0.4, 0.5) is 0 Å². The molecule has 0 bridgehead atoms. The van der Waals surface area contributed by atoms with Crippen molar-refractivity contribution in [1.82, 2.24) is 0 Å². The van der Waals surface area contributed by atoms with Gasteiger partial charge in [-0.15, -0.1) is 0 Å². The zero-order valence-electron chi connectivity index (χ0n) is 2.25. The number of rotatable bonds is 0. The Labute approximate surface area is 68.0 Å². The molecule has 3 nitrogen and oxygen atoms in total. The molecule has 0 saturated heterocycles. The first-order valence-electron chi connectivity index (χ1n) is 0. The van der Waals surface area contributed by atoms with E-state index in [4.69, 9.17) is 0 Å². The summed E-state index contributed by atoms with van der Waals surface area (Å²) in [5.74, 6) is 0. The maximum atomic E-state index is 0. The fourth-order valence-corrected chi connectivity index (χ4v) is 0. The Balaban J connectivity index is 0. The van der Waals surface area contributed by atoms with Crippen LogP contribution in [-0.4, -0.2) is 52.0 Å². The van der Waals surface area contributed by atoms with Crippen LogP contribution in [0, 0.1) is 0 Å². The largest absolute Gasteiger partial charge is 3.00 e. The van der Waals surface area contributed by atoms with E-state index >= 15 is 0 Å². The Morgan fingerprint density at radius 3 is 0.600 bits per heavy atom. The van der Waals surface area contributed by atoms with E-state index in [1.807, 2.05) is 0 Å². The van der Waals surface area contributed by atoms with Gasteiger partial charge in [-0.3, -0.25) is 0 Å². The average molecular weight is 372 g/mol. The summed E-state index contributed by atoms with van der Waals surface area (Å²) in [7, 11) is 0. The minimum absolute atomic E-state index is 0. The Kier molecular flexibility index (Phi) is 715. The molecule has 0 spiro atoms. The molecule has 0 amide bonds. The molecule has 2 radical (unpaired) electrons. The molecule has 26 valence electrons. The third-order valence-electron chi connectivity index (χ3n) is 0. The van der Waals surface area contributed by atoms with E-state index in [9.17, 15) is 0 Å². The van der Waals surface area contributed by atoms with Gasteiger partial charge < -0.3 is 16.4 Å². The van der Waals surface area contributed by atoms with Crippen LogP contribution in [0.15, 0.2) is 0 Å². The molecular formula is BiInO3. The first kappa shape index (κ1) is 78.9. The van der Waals surface area contributed by atoms with Gasteiger partial charge in [0.2, 0.25) is 0 Å². The summed E-state index contributed by atoms with van der Waals surface area (Å²) >= 11 is 0. The molecule has 0 N–H and O–H groups in total. The Morgan fingerprint density at radius 1 is 0.600 bits per heavy atom. The van der Waals surface area contributed by atoms with E-state index in [1.165, 1.54) is 0 Å². The van der Waals surface area contributed by atoms with E-state index in [0.29, 0.717) is 0 Å². The van der Waals surface area contributed by atoms with Crippen molar-refractivity contribution < 1.29 is 16.4 Å². The van der Waals surface area contributed by atoms with Gasteiger partial charge in [0, 0.05) is 0 Å². The van der Waals surface area contributed by atoms with Gasteiger partial charge in [-0.2, -0.15) is 0 Å². The van der Waals surface area contributed by atoms with Crippen molar-refractivity contribution in [2.75, 3.05) is 0 Å². The maximum Gasteiger partial charge on any atom is 3.00 e. The van der Waals surface area contributed by atoms with Crippen molar-refractivity contribution in [1.29, 1.82) is 0 Å². The van der Waals surface area contributed by atoms with Gasteiger partial charge in [0.15, 0.2) is 0 Å². The normalized spacial score (nSPS) is 0. The van der Waals surface area contributed by atoms with Crippen molar-refractivity contribution in [2.24, 2.45) is 0 Å². The summed E-state index contributed by atoms with van der Waals surface area (Å²) in [5.41, 5.74) is 0. The van der Waals surface area contributed by atoms with Crippen LogP contribution in [-0.2, 0) is 16.4 Å². The first-order chi connectivity index (χ1) is 0. The third kappa shape index (κ3) is 27.9. The summed E-state index contributed by atoms with van der Waals surface area (Å²) < 4.78 is 0. The molecule has 0 aromatic rings. The van der Waals surface area contributed by atoms with Crippen LogP contribution in [0.3, 0.4) is 0 Å². The zero-order chi connectivity index (χ0) is 0. The van der Waals surface area contributed by atoms with Crippen LogP contribution in [0.5, 0.6) is 0 Å². The topological polar surface area (TPSA) is 85.5 Å². The molecule has 5 heteroatoms. The molecule has 0 fully saturated rings. The Hall–Kier alpha value is 1.63. The summed E-state index contributed by atoms with van der Waals surface area (Å²) in [6.45, 7) is 0. The number of hydrogen-bond donors (Lipinski definition) is 0. The smallest absolute Gasteiger partial charge is 2.00 e. The van der Waals surface area contributed by atoms with Gasteiger partial charge >= 0.3 is 52.0 Å². The SMILES string of the molecule is [Bi+3].[In+3].[O-2].[O-2].[O-2]. The Bertz CT molecular complexity index is 6.85. The van der Waals surface area contributed by atoms with Gasteiger partial charge in [0.1, 0.15) is 0 Å². The molecular weight excluding hydrogens is 372 g/mol. The number of hydrogen-bond acceptors (Lipinski definition) is 0. The van der Waals surface area contributed by atoms with Gasteiger partial charge in [0.25, 0.3) is 0 Å². The van der Waals surface area contributed by atoms with Gasteiger partial charge in [-0.05, 0) is 0 Å². The standard InChI is InChI=1S/Bi.In.3O/q2*+3;3*-2. The van der Waals surface area contributed by atoms with Crippen LogP contribution in [0.25, 0.3) is 0 Å². The summed E-state index contributed by atoms with van der Waals surface area (Å²) in [4.78, 5) is 0. The fourth-order valence-electron chi connectivity index (χ4n) is 0. The summed E-state index contributed by atoms with van der Waals surface area (Å²) in [6, 6.07) is 0. The second-order valence-electron chi connectivity index (χ2n) is 0. The predicted molar refractivity (Wildman–Crippen MR) is 13.6 cm³/mol. The molecule has 5 heavy (non-hydrogen) atoms. The second-order valence-corrected chi connectivity index (χ2v) is 0. The van der Waals surface area contributed by atoms with Gasteiger partial charge in [0.05, 0.1) is 0 Å². The van der Waals surface area contributed by atoms with Crippen molar-refractivity contribution in [2.45, 2.75) is 0 Å². The maximum absolute atomic E-state index is 0. The minimum atomic E-state index is 0. The van der Waals surface area contributed by atoms with E-state index in [-0.39, 0.29) is 68.5 Å². The van der Waals surface area contributed by atoms with Gasteiger partial charge in [-0.25, -0.2) is 0 Å². The molecule has 0 aromatic carbocycles. The van der Waals surface area contributed by atoms with Crippen molar-refractivity contribution >= 4 is 52.0 Å². The van der Waals surface area contributed by atoms with Gasteiger partial charge in [-0.1, -0.05) is 0 Å². The van der Waals surface area contributed by atoms with E-state index < -0.39 is 0 Å². The van der Waals surface area contributed by atoms with Crippen molar-refractivity contribution in [3.63, 3.8) is 0 Å². The molecule has 0 unspecified atom stereocenters. The summed E-state index contributed by atoms with van der Waals surface area (Å²) in [6.07, 6.45) is 0. The fraction of sp³-hybridized carbons (Fsp3) is 0. The third-order valence-corrected chi connectivity index (χ3v) is 0. The van der Waals surface area contributed by atoms with E-state index in [2.05, 4.69) is 0 Å². The first-order valence-corrected chi connectivity index (χ1v) is 0. The molecule has 0 aliphatic rings. The zero-order valence-corrected chi connectivity index (χ0v) is 9.02. The molecule has 0 atom stereocenters. The molecule has 0 aromatic heterocycles. The quantitative estimate of drug-likeness (QED) is 0.483. The second kappa shape index (κ2) is 45.3. The van der Waals surface area contributed by atoms with Crippen LogP contribution < -0.4 is 0 Å². The van der Waals surface area contributed by atoms with E-state index in [0.717, 1.165) is 0 Å². The predicted octanol–water partition coefficient (Wildman–Crippen LogP) is -1.12. The van der Waals surface area contributed by atoms with Crippen molar-refractivity contribution in [3.05, 3.63) is 0 Å².